The van der Waals surface area contributed by atoms with E-state index in [0.29, 0.717) is 29.4 Å². The number of amides is 1. The fourth-order valence-electron chi connectivity index (χ4n) is 5.18. The molecule has 3 aromatic carbocycles. The van der Waals surface area contributed by atoms with Gasteiger partial charge in [0, 0.05) is 11.1 Å². The summed E-state index contributed by atoms with van der Waals surface area (Å²) in [6.45, 7) is 0.348. The Kier molecular flexibility index (Phi) is 5.81. The number of ether oxygens (including phenoxy) is 1. The highest BCUT2D eigenvalue weighted by molar-refractivity contribution is 7.91. The predicted molar refractivity (Wildman–Crippen MR) is 140 cm³/mol. The monoisotopic (exact) mass is 535 g/mol. The number of hydrogen-bond acceptors (Lipinski definition) is 6. The molecule has 0 bridgehead atoms. The molecule has 2 aliphatic rings. The zero-order chi connectivity index (χ0) is 25.7. The van der Waals surface area contributed by atoms with Crippen LogP contribution in [-0.2, 0) is 16.4 Å². The van der Waals surface area contributed by atoms with Crippen LogP contribution in [-0.4, -0.2) is 36.8 Å². The predicted octanol–water partition coefficient (Wildman–Crippen LogP) is 4.76. The van der Waals surface area contributed by atoms with Crippen LogP contribution in [0.5, 0.6) is 5.75 Å². The van der Waals surface area contributed by atoms with E-state index in [0.717, 1.165) is 5.56 Å². The third-order valence-electron chi connectivity index (χ3n) is 6.89. The van der Waals surface area contributed by atoms with Crippen molar-refractivity contribution in [1.29, 1.82) is 0 Å². The van der Waals surface area contributed by atoms with Crippen LogP contribution in [0.3, 0.4) is 0 Å². The molecule has 9 heteroatoms. The van der Waals surface area contributed by atoms with E-state index in [2.05, 4.69) is 0 Å². The van der Waals surface area contributed by atoms with Gasteiger partial charge in [-0.15, -0.1) is 0 Å². The third kappa shape index (κ3) is 4.30. The second-order valence-electron chi connectivity index (χ2n) is 9.33. The van der Waals surface area contributed by atoms with Gasteiger partial charge in [0.2, 0.25) is 5.76 Å². The number of carbonyl (C=O) groups is 1. The Morgan fingerprint density at radius 1 is 1.00 bits per heavy atom. The number of sulfone groups is 1. The van der Waals surface area contributed by atoms with Gasteiger partial charge >= 0.3 is 0 Å². The molecule has 0 saturated carbocycles. The van der Waals surface area contributed by atoms with E-state index in [1.165, 1.54) is 11.0 Å². The highest BCUT2D eigenvalue weighted by Gasteiger charge is 2.48. The molecule has 0 aliphatic carbocycles. The van der Waals surface area contributed by atoms with E-state index < -0.39 is 27.8 Å². The number of fused-ring (bicyclic) bond motifs is 2. The van der Waals surface area contributed by atoms with Gasteiger partial charge in [-0.2, -0.15) is 0 Å². The Morgan fingerprint density at radius 3 is 2.57 bits per heavy atom. The number of carbonyl (C=O) groups excluding carboxylic acids is 1. The quantitative estimate of drug-likeness (QED) is 0.366. The smallest absolute Gasteiger partial charge is 0.291 e. The first-order valence-corrected chi connectivity index (χ1v) is 14.1. The van der Waals surface area contributed by atoms with Gasteiger partial charge in [-0.3, -0.25) is 9.59 Å². The van der Waals surface area contributed by atoms with Crippen molar-refractivity contribution in [3.05, 3.63) is 110 Å². The van der Waals surface area contributed by atoms with Crippen molar-refractivity contribution in [3.63, 3.8) is 0 Å². The maximum absolute atomic E-state index is 13.7. The zero-order valence-electron chi connectivity index (χ0n) is 19.6. The highest BCUT2D eigenvalue weighted by Crippen LogP contribution is 2.42. The van der Waals surface area contributed by atoms with Crippen LogP contribution in [0.1, 0.15) is 39.7 Å². The largest absolute Gasteiger partial charge is 0.489 e. The Balaban J connectivity index is 1.47. The molecule has 1 saturated heterocycles. The zero-order valence-corrected chi connectivity index (χ0v) is 21.2. The van der Waals surface area contributed by atoms with Gasteiger partial charge in [-0.25, -0.2) is 8.42 Å². The number of rotatable bonds is 5. The van der Waals surface area contributed by atoms with E-state index in [4.69, 9.17) is 20.8 Å². The van der Waals surface area contributed by atoms with E-state index >= 15 is 0 Å². The minimum atomic E-state index is -3.30. The van der Waals surface area contributed by atoms with E-state index in [-0.39, 0.29) is 39.2 Å². The molecule has 0 radical (unpaired) electrons. The van der Waals surface area contributed by atoms with Crippen LogP contribution in [0.4, 0.5) is 0 Å². The minimum absolute atomic E-state index is 0.0102. The molecule has 1 aromatic heterocycles. The van der Waals surface area contributed by atoms with E-state index in [1.54, 1.807) is 36.4 Å². The fraction of sp³-hybridized carbons (Fsp3) is 0.214. The minimum Gasteiger partial charge on any atom is -0.489 e. The Hall–Kier alpha value is -3.62. The first kappa shape index (κ1) is 23.8. The summed E-state index contributed by atoms with van der Waals surface area (Å²) in [6.07, 6.45) is 0.294. The summed E-state index contributed by atoms with van der Waals surface area (Å²) in [6, 6.07) is 20.2. The average molecular weight is 536 g/mol. The van der Waals surface area contributed by atoms with Crippen LogP contribution in [0.15, 0.2) is 82.0 Å². The SMILES string of the molecule is O=C1c2oc3ccc(Cl)cc3c(=O)c2C(c2cccc(OCc3ccccc3)c2)N1C1CCS(=O)(=O)C1. The Bertz CT molecular complexity index is 1700. The lowest BCUT2D eigenvalue weighted by atomic mass is 9.97. The number of benzene rings is 3. The van der Waals surface area contributed by atoms with Gasteiger partial charge in [-0.05, 0) is 47.9 Å². The van der Waals surface area contributed by atoms with Gasteiger partial charge in [0.15, 0.2) is 15.3 Å². The van der Waals surface area contributed by atoms with Crippen molar-refractivity contribution in [3.8, 4) is 5.75 Å². The highest BCUT2D eigenvalue weighted by atomic mass is 35.5. The summed E-state index contributed by atoms with van der Waals surface area (Å²) in [5.74, 6) is -0.165. The van der Waals surface area contributed by atoms with E-state index in [9.17, 15) is 18.0 Å². The molecule has 0 N–H and O–H groups in total. The summed E-state index contributed by atoms with van der Waals surface area (Å²) >= 11 is 6.15. The molecule has 1 amide bonds. The summed E-state index contributed by atoms with van der Waals surface area (Å²) in [5, 5.41) is 0.636. The number of nitrogens with zero attached hydrogens (tertiary/aromatic N) is 1. The molecule has 1 fully saturated rings. The van der Waals surface area contributed by atoms with Crippen LogP contribution < -0.4 is 10.2 Å². The van der Waals surface area contributed by atoms with Gasteiger partial charge in [-0.1, -0.05) is 54.1 Å². The second kappa shape index (κ2) is 9.04. The molecular weight excluding hydrogens is 514 g/mol. The van der Waals surface area contributed by atoms with Crippen molar-refractivity contribution in [2.45, 2.75) is 25.1 Å². The van der Waals surface area contributed by atoms with Crippen LogP contribution in [0.2, 0.25) is 5.02 Å². The van der Waals surface area contributed by atoms with Crippen LogP contribution in [0, 0.1) is 0 Å². The summed E-state index contributed by atoms with van der Waals surface area (Å²) in [7, 11) is -3.30. The summed E-state index contributed by atoms with van der Waals surface area (Å²) in [4.78, 5) is 28.9. The number of halogens is 1. The standard InChI is InChI=1S/C28H22ClNO6S/c29-19-9-10-23-22(14-19)26(31)24-25(30(28(32)27(24)36-23)20-11-12-37(33,34)16-20)18-7-4-8-21(13-18)35-15-17-5-2-1-3-6-17/h1-10,13-14,20,25H,11-12,15-16H2. The molecule has 0 spiro atoms. The Labute approximate surface area is 218 Å². The van der Waals surface area contributed by atoms with Crippen molar-refractivity contribution >= 4 is 38.3 Å². The van der Waals surface area contributed by atoms with E-state index in [1.807, 2.05) is 30.3 Å². The van der Waals surface area contributed by atoms with Crippen LogP contribution >= 0.6 is 11.6 Å². The lowest BCUT2D eigenvalue weighted by Gasteiger charge is -2.30. The van der Waals surface area contributed by atoms with Gasteiger partial charge in [0.05, 0.1) is 28.5 Å². The average Bonchev–Trinajstić information content (AvgIpc) is 3.40. The topological polar surface area (TPSA) is 93.9 Å². The molecule has 2 aliphatic heterocycles. The first-order chi connectivity index (χ1) is 17.8. The Morgan fingerprint density at radius 2 is 1.81 bits per heavy atom. The molecular formula is C28H22ClNO6S. The van der Waals surface area contributed by atoms with Crippen molar-refractivity contribution < 1.29 is 22.4 Å². The molecule has 3 heterocycles. The van der Waals surface area contributed by atoms with Gasteiger partial charge < -0.3 is 14.1 Å². The maximum atomic E-state index is 13.7. The molecule has 37 heavy (non-hydrogen) atoms. The summed E-state index contributed by atoms with van der Waals surface area (Å²) < 4.78 is 36.6. The first-order valence-electron chi connectivity index (χ1n) is 11.9. The molecule has 7 nitrogen and oxygen atoms in total. The van der Waals surface area contributed by atoms with Gasteiger partial charge in [0.25, 0.3) is 5.91 Å². The number of hydrogen-bond donors (Lipinski definition) is 0. The van der Waals surface area contributed by atoms with Crippen molar-refractivity contribution in [2.75, 3.05) is 11.5 Å². The molecule has 188 valence electrons. The van der Waals surface area contributed by atoms with Crippen LogP contribution in [0.25, 0.3) is 11.0 Å². The fourth-order valence-corrected chi connectivity index (χ4v) is 7.06. The lowest BCUT2D eigenvalue weighted by molar-refractivity contribution is 0.0662. The third-order valence-corrected chi connectivity index (χ3v) is 8.88. The van der Waals surface area contributed by atoms with Gasteiger partial charge in [0.1, 0.15) is 17.9 Å². The summed E-state index contributed by atoms with van der Waals surface area (Å²) in [5.41, 5.74) is 1.70. The lowest BCUT2D eigenvalue weighted by Crippen LogP contribution is -2.40. The molecule has 2 atom stereocenters. The second-order valence-corrected chi connectivity index (χ2v) is 12.0. The van der Waals surface area contributed by atoms with Crippen molar-refractivity contribution in [2.24, 2.45) is 0 Å². The normalized spacial score (nSPS) is 20.4. The maximum Gasteiger partial charge on any atom is 0.291 e. The molecule has 6 rings (SSSR count). The molecule has 2 unspecified atom stereocenters. The van der Waals surface area contributed by atoms with Crippen molar-refractivity contribution in [1.82, 2.24) is 4.90 Å². The molecule has 4 aromatic rings.